The number of aliphatic imine (C=N–C) groups is 1. The van der Waals surface area contributed by atoms with Crippen molar-refractivity contribution < 1.29 is 4.42 Å². The minimum atomic E-state index is 0.280. The summed E-state index contributed by atoms with van der Waals surface area (Å²) in [6.07, 6.45) is 0. The van der Waals surface area contributed by atoms with E-state index in [2.05, 4.69) is 9.98 Å². The highest BCUT2D eigenvalue weighted by Gasteiger charge is 2.06. The van der Waals surface area contributed by atoms with Crippen molar-refractivity contribution in [3.63, 3.8) is 0 Å². The third kappa shape index (κ3) is 2.20. The highest BCUT2D eigenvalue weighted by atomic mass is 16.4. The van der Waals surface area contributed by atoms with E-state index >= 15 is 0 Å². The Morgan fingerprint density at radius 2 is 1.84 bits per heavy atom. The molecule has 1 aromatic heterocycles. The Hall–Kier alpha value is -2.62. The van der Waals surface area contributed by atoms with Gasteiger partial charge >= 0.3 is 6.01 Å². The SMILES string of the molecule is Cc1ccccc1/C(N)=N/c1nc2ccccc2o1. The van der Waals surface area contributed by atoms with Crippen LogP contribution in [0.1, 0.15) is 11.1 Å². The molecular formula is C15H13N3O. The first-order chi connectivity index (χ1) is 9.24. The van der Waals surface area contributed by atoms with Gasteiger partial charge in [0.2, 0.25) is 0 Å². The number of nitrogens with two attached hydrogens (primary N) is 1. The first kappa shape index (κ1) is 11.5. The summed E-state index contributed by atoms with van der Waals surface area (Å²) in [5.74, 6) is 0.407. The third-order valence-electron chi connectivity index (χ3n) is 2.92. The predicted molar refractivity (Wildman–Crippen MR) is 75.6 cm³/mol. The number of oxazole rings is 1. The van der Waals surface area contributed by atoms with Gasteiger partial charge in [-0.15, -0.1) is 0 Å². The molecule has 4 heteroatoms. The molecule has 19 heavy (non-hydrogen) atoms. The van der Waals surface area contributed by atoms with Crippen molar-refractivity contribution in [2.75, 3.05) is 0 Å². The molecule has 0 aliphatic heterocycles. The van der Waals surface area contributed by atoms with Gasteiger partial charge in [0, 0.05) is 5.56 Å². The second kappa shape index (κ2) is 4.57. The average molecular weight is 251 g/mol. The summed E-state index contributed by atoms with van der Waals surface area (Å²) in [4.78, 5) is 8.52. The fourth-order valence-corrected chi connectivity index (χ4v) is 1.93. The Morgan fingerprint density at radius 1 is 1.11 bits per heavy atom. The van der Waals surface area contributed by atoms with Crippen LogP contribution >= 0.6 is 0 Å². The first-order valence-corrected chi connectivity index (χ1v) is 6.00. The van der Waals surface area contributed by atoms with Crippen LogP contribution in [0.4, 0.5) is 6.01 Å². The molecule has 0 aliphatic rings. The molecule has 0 aliphatic carbocycles. The van der Waals surface area contributed by atoms with Crippen molar-refractivity contribution in [1.82, 2.24) is 4.98 Å². The van der Waals surface area contributed by atoms with E-state index in [9.17, 15) is 0 Å². The van der Waals surface area contributed by atoms with Crippen molar-refractivity contribution in [3.8, 4) is 0 Å². The number of fused-ring (bicyclic) bond motifs is 1. The number of hydrogen-bond acceptors (Lipinski definition) is 3. The number of rotatable bonds is 2. The zero-order valence-corrected chi connectivity index (χ0v) is 10.5. The van der Waals surface area contributed by atoms with Gasteiger partial charge in [0.25, 0.3) is 0 Å². The summed E-state index contributed by atoms with van der Waals surface area (Å²) < 4.78 is 5.52. The number of amidine groups is 1. The fourth-order valence-electron chi connectivity index (χ4n) is 1.93. The minimum absolute atomic E-state index is 0.280. The largest absolute Gasteiger partial charge is 0.422 e. The van der Waals surface area contributed by atoms with E-state index in [-0.39, 0.29) is 6.01 Å². The minimum Gasteiger partial charge on any atom is -0.422 e. The van der Waals surface area contributed by atoms with Crippen LogP contribution in [0, 0.1) is 6.92 Å². The number of nitrogens with zero attached hydrogens (tertiary/aromatic N) is 2. The van der Waals surface area contributed by atoms with Gasteiger partial charge in [0.1, 0.15) is 11.4 Å². The number of hydrogen-bond donors (Lipinski definition) is 1. The van der Waals surface area contributed by atoms with Crippen LogP contribution in [-0.4, -0.2) is 10.8 Å². The lowest BCUT2D eigenvalue weighted by Gasteiger charge is -2.02. The maximum Gasteiger partial charge on any atom is 0.324 e. The van der Waals surface area contributed by atoms with Gasteiger partial charge in [-0.3, -0.25) is 0 Å². The van der Waals surface area contributed by atoms with E-state index in [1.807, 2.05) is 55.5 Å². The molecular weight excluding hydrogens is 238 g/mol. The average Bonchev–Trinajstić information content (AvgIpc) is 2.81. The standard InChI is InChI=1S/C15H13N3O/c1-10-6-2-3-7-11(10)14(16)18-15-17-12-8-4-5-9-13(12)19-15/h2-9H,1H3,(H2,16,17,18). The van der Waals surface area contributed by atoms with Crippen LogP contribution in [0.5, 0.6) is 0 Å². The normalized spacial score (nSPS) is 11.9. The molecule has 94 valence electrons. The zero-order valence-electron chi connectivity index (χ0n) is 10.5. The molecule has 2 aromatic carbocycles. The highest BCUT2D eigenvalue weighted by Crippen LogP contribution is 2.21. The molecule has 0 unspecified atom stereocenters. The van der Waals surface area contributed by atoms with E-state index in [1.54, 1.807) is 0 Å². The molecule has 0 saturated carbocycles. The van der Waals surface area contributed by atoms with E-state index in [0.717, 1.165) is 16.6 Å². The van der Waals surface area contributed by atoms with E-state index in [0.29, 0.717) is 11.4 Å². The van der Waals surface area contributed by atoms with Gasteiger partial charge in [-0.05, 0) is 24.6 Å². The predicted octanol–water partition coefficient (Wildman–Crippen LogP) is 3.17. The van der Waals surface area contributed by atoms with Crippen molar-refractivity contribution in [2.45, 2.75) is 6.92 Å². The number of aromatic nitrogens is 1. The Bertz CT molecular complexity index is 726. The molecule has 0 spiro atoms. The van der Waals surface area contributed by atoms with Gasteiger partial charge in [0.15, 0.2) is 5.58 Å². The molecule has 1 heterocycles. The highest BCUT2D eigenvalue weighted by molar-refractivity contribution is 5.99. The summed E-state index contributed by atoms with van der Waals surface area (Å²) in [5, 5.41) is 0. The maximum absolute atomic E-state index is 6.00. The molecule has 0 bridgehead atoms. The van der Waals surface area contributed by atoms with Gasteiger partial charge in [-0.1, -0.05) is 36.4 Å². The zero-order chi connectivity index (χ0) is 13.2. The van der Waals surface area contributed by atoms with E-state index in [4.69, 9.17) is 10.2 Å². The molecule has 0 amide bonds. The lowest BCUT2D eigenvalue weighted by atomic mass is 10.1. The van der Waals surface area contributed by atoms with Crippen LogP contribution in [-0.2, 0) is 0 Å². The molecule has 3 rings (SSSR count). The molecule has 3 aromatic rings. The van der Waals surface area contributed by atoms with E-state index in [1.165, 1.54) is 0 Å². The second-order valence-corrected chi connectivity index (χ2v) is 4.28. The maximum atomic E-state index is 6.00. The number of aryl methyl sites for hydroxylation is 1. The summed E-state index contributed by atoms with van der Waals surface area (Å²) in [5.41, 5.74) is 9.45. The molecule has 2 N–H and O–H groups in total. The lowest BCUT2D eigenvalue weighted by molar-refractivity contribution is 0.613. The van der Waals surface area contributed by atoms with Crippen molar-refractivity contribution in [3.05, 3.63) is 59.7 Å². The van der Waals surface area contributed by atoms with Gasteiger partial charge in [0.05, 0.1) is 0 Å². The van der Waals surface area contributed by atoms with Crippen molar-refractivity contribution in [1.29, 1.82) is 0 Å². The Balaban J connectivity index is 2.03. The molecule has 4 nitrogen and oxygen atoms in total. The van der Waals surface area contributed by atoms with Crippen LogP contribution in [0.3, 0.4) is 0 Å². The smallest absolute Gasteiger partial charge is 0.324 e. The van der Waals surface area contributed by atoms with Crippen molar-refractivity contribution in [2.24, 2.45) is 10.7 Å². The molecule has 0 radical (unpaired) electrons. The monoisotopic (exact) mass is 251 g/mol. The van der Waals surface area contributed by atoms with E-state index < -0.39 is 0 Å². The Morgan fingerprint density at radius 3 is 2.63 bits per heavy atom. The number of benzene rings is 2. The lowest BCUT2D eigenvalue weighted by Crippen LogP contribution is -2.14. The Labute approximate surface area is 110 Å². The summed E-state index contributed by atoms with van der Waals surface area (Å²) in [6.45, 7) is 1.99. The van der Waals surface area contributed by atoms with Crippen LogP contribution in [0.2, 0.25) is 0 Å². The Kier molecular flexibility index (Phi) is 2.76. The summed E-state index contributed by atoms with van der Waals surface area (Å²) >= 11 is 0. The summed E-state index contributed by atoms with van der Waals surface area (Å²) in [7, 11) is 0. The topological polar surface area (TPSA) is 64.4 Å². The fraction of sp³-hybridized carbons (Fsp3) is 0.0667. The summed E-state index contributed by atoms with van der Waals surface area (Å²) in [6, 6.07) is 15.6. The molecule has 0 fully saturated rings. The van der Waals surface area contributed by atoms with Crippen molar-refractivity contribution >= 4 is 22.9 Å². The van der Waals surface area contributed by atoms with Crippen LogP contribution < -0.4 is 5.73 Å². The van der Waals surface area contributed by atoms with Gasteiger partial charge < -0.3 is 10.2 Å². The quantitative estimate of drug-likeness (QED) is 0.562. The number of para-hydroxylation sites is 2. The third-order valence-corrected chi connectivity index (χ3v) is 2.92. The molecule has 0 saturated heterocycles. The van der Waals surface area contributed by atoms with Gasteiger partial charge in [-0.2, -0.15) is 9.98 Å². The first-order valence-electron chi connectivity index (χ1n) is 6.00. The van der Waals surface area contributed by atoms with Crippen LogP contribution in [0.15, 0.2) is 57.9 Å². The molecule has 0 atom stereocenters. The second-order valence-electron chi connectivity index (χ2n) is 4.28. The van der Waals surface area contributed by atoms with Gasteiger partial charge in [-0.25, -0.2) is 0 Å². The van der Waals surface area contributed by atoms with Crippen LogP contribution in [0.25, 0.3) is 11.1 Å².